The summed E-state index contributed by atoms with van der Waals surface area (Å²) in [6, 6.07) is 54.8. The lowest BCUT2D eigenvalue weighted by molar-refractivity contribution is 0.661. The third-order valence-electron chi connectivity index (χ3n) is 10.6. The van der Waals surface area contributed by atoms with Crippen LogP contribution in [0.1, 0.15) is 25.0 Å². The van der Waals surface area contributed by atoms with E-state index in [1.807, 2.05) is 0 Å². The Morgan fingerprint density at radius 1 is 0.333 bits per heavy atom. The molecule has 0 saturated heterocycles. The van der Waals surface area contributed by atoms with Crippen molar-refractivity contribution in [3.63, 3.8) is 0 Å². The molecule has 0 spiro atoms. The zero-order chi connectivity index (χ0) is 29.9. The van der Waals surface area contributed by atoms with E-state index in [9.17, 15) is 0 Å². The molecule has 0 fully saturated rings. The molecule has 1 aliphatic rings. The predicted molar refractivity (Wildman–Crippen MR) is 194 cm³/mol. The highest BCUT2D eigenvalue weighted by atomic mass is 14.4. The Morgan fingerprint density at radius 3 is 1.78 bits per heavy atom. The Bertz CT molecular complexity index is 2650. The average Bonchev–Trinajstić information content (AvgIpc) is 3.30. The third-order valence-corrected chi connectivity index (χ3v) is 10.6. The Hall–Kier alpha value is -5.46. The second-order valence-corrected chi connectivity index (χ2v) is 13.3. The minimum absolute atomic E-state index is 0.0792. The zero-order valence-electron chi connectivity index (χ0n) is 25.4. The highest BCUT2D eigenvalue weighted by Crippen LogP contribution is 2.51. The van der Waals surface area contributed by atoms with Crippen LogP contribution in [0.4, 0.5) is 0 Å². The molecule has 0 N–H and O–H groups in total. The van der Waals surface area contributed by atoms with Crippen molar-refractivity contribution in [2.45, 2.75) is 19.3 Å². The van der Waals surface area contributed by atoms with E-state index in [2.05, 4.69) is 159 Å². The Balaban J connectivity index is 1.21. The summed E-state index contributed by atoms with van der Waals surface area (Å²) in [4.78, 5) is 0. The topological polar surface area (TPSA) is 0 Å². The maximum atomic E-state index is 2.47. The molecule has 210 valence electrons. The minimum atomic E-state index is -0.0792. The van der Waals surface area contributed by atoms with Gasteiger partial charge in [-0.05, 0) is 129 Å². The van der Waals surface area contributed by atoms with Crippen molar-refractivity contribution in [3.8, 4) is 33.4 Å². The molecular formula is C45H30. The molecule has 0 aliphatic heterocycles. The third kappa shape index (κ3) is 3.43. The van der Waals surface area contributed by atoms with Crippen molar-refractivity contribution in [2.75, 3.05) is 0 Å². The van der Waals surface area contributed by atoms with Gasteiger partial charge in [0.15, 0.2) is 0 Å². The number of benzene rings is 9. The average molecular weight is 571 g/mol. The lowest BCUT2D eigenvalue weighted by Crippen LogP contribution is -2.15. The molecule has 0 amide bonds. The van der Waals surface area contributed by atoms with E-state index in [-0.39, 0.29) is 5.41 Å². The SMILES string of the molecule is CC1(C)c2cc(-c3cc(-c4ccc5ccc6cccc7ccc4c5c67)cc4ccccc34)ccc2-c2cc3ccccc3cc21. The second-order valence-electron chi connectivity index (χ2n) is 13.3. The molecule has 0 aromatic heterocycles. The smallest absolute Gasteiger partial charge is 0.0159 e. The van der Waals surface area contributed by atoms with E-state index < -0.39 is 0 Å². The van der Waals surface area contributed by atoms with E-state index in [0.717, 1.165) is 0 Å². The lowest BCUT2D eigenvalue weighted by Gasteiger charge is -2.23. The molecule has 0 atom stereocenters. The number of rotatable bonds is 2. The van der Waals surface area contributed by atoms with Gasteiger partial charge in [0.2, 0.25) is 0 Å². The van der Waals surface area contributed by atoms with E-state index in [4.69, 9.17) is 0 Å². The first-order chi connectivity index (χ1) is 22.0. The number of hydrogen-bond acceptors (Lipinski definition) is 0. The highest BCUT2D eigenvalue weighted by molar-refractivity contribution is 6.25. The van der Waals surface area contributed by atoms with Crippen molar-refractivity contribution in [1.82, 2.24) is 0 Å². The fourth-order valence-electron chi connectivity index (χ4n) is 8.28. The quantitative estimate of drug-likeness (QED) is 0.181. The fourth-order valence-corrected chi connectivity index (χ4v) is 8.28. The van der Waals surface area contributed by atoms with Gasteiger partial charge in [-0.2, -0.15) is 0 Å². The van der Waals surface area contributed by atoms with E-state index in [0.29, 0.717) is 0 Å². The first-order valence-electron chi connectivity index (χ1n) is 15.9. The molecule has 45 heavy (non-hydrogen) atoms. The van der Waals surface area contributed by atoms with Crippen LogP contribution >= 0.6 is 0 Å². The van der Waals surface area contributed by atoms with Crippen LogP contribution in [0.25, 0.3) is 87.2 Å². The van der Waals surface area contributed by atoms with Crippen LogP contribution in [0.15, 0.2) is 146 Å². The van der Waals surface area contributed by atoms with Crippen molar-refractivity contribution in [3.05, 3.63) is 157 Å². The summed E-state index contributed by atoms with van der Waals surface area (Å²) >= 11 is 0. The van der Waals surface area contributed by atoms with E-state index in [1.165, 1.54) is 98.4 Å². The second kappa shape index (κ2) is 8.80. The first-order valence-corrected chi connectivity index (χ1v) is 15.9. The van der Waals surface area contributed by atoms with Gasteiger partial charge in [-0.1, -0.05) is 129 Å². The molecule has 0 radical (unpaired) electrons. The Labute approximate surface area is 262 Å². The fraction of sp³-hybridized carbons (Fsp3) is 0.0667. The summed E-state index contributed by atoms with van der Waals surface area (Å²) in [5, 5.41) is 13.1. The van der Waals surface area contributed by atoms with Crippen LogP contribution in [0.5, 0.6) is 0 Å². The maximum Gasteiger partial charge on any atom is 0.0159 e. The maximum absolute atomic E-state index is 2.47. The van der Waals surface area contributed by atoms with Gasteiger partial charge in [0.25, 0.3) is 0 Å². The van der Waals surface area contributed by atoms with Gasteiger partial charge >= 0.3 is 0 Å². The molecule has 9 aromatic carbocycles. The lowest BCUT2D eigenvalue weighted by atomic mass is 9.80. The van der Waals surface area contributed by atoms with Crippen molar-refractivity contribution < 1.29 is 0 Å². The van der Waals surface area contributed by atoms with Gasteiger partial charge in [0.1, 0.15) is 0 Å². The Morgan fingerprint density at radius 2 is 0.956 bits per heavy atom. The normalized spacial score (nSPS) is 13.7. The van der Waals surface area contributed by atoms with Crippen LogP contribution in [-0.2, 0) is 5.41 Å². The first kappa shape index (κ1) is 24.9. The molecule has 0 saturated carbocycles. The van der Waals surface area contributed by atoms with Crippen molar-refractivity contribution in [2.24, 2.45) is 0 Å². The van der Waals surface area contributed by atoms with Crippen LogP contribution in [0.3, 0.4) is 0 Å². The molecular weight excluding hydrogens is 540 g/mol. The van der Waals surface area contributed by atoms with Gasteiger partial charge < -0.3 is 0 Å². The summed E-state index contributed by atoms with van der Waals surface area (Å²) in [5.74, 6) is 0. The molecule has 0 nitrogen and oxygen atoms in total. The van der Waals surface area contributed by atoms with Gasteiger partial charge in [-0.25, -0.2) is 0 Å². The van der Waals surface area contributed by atoms with Gasteiger partial charge in [0.05, 0.1) is 0 Å². The van der Waals surface area contributed by atoms with Crippen molar-refractivity contribution in [1.29, 1.82) is 0 Å². The van der Waals surface area contributed by atoms with Gasteiger partial charge in [-0.3, -0.25) is 0 Å². The Kier molecular flexibility index (Phi) is 4.88. The molecule has 1 aliphatic carbocycles. The summed E-state index contributed by atoms with van der Waals surface area (Å²) in [6.45, 7) is 4.77. The standard InChI is InChI=1S/C45H30/c1-45(2)41-26-33(18-20-37(41)40-23-30-8-3-4-9-31(30)25-42(40)45)39-24-34(22-32-10-5-6-13-35(32)39)36-19-16-29-15-14-27-11-7-12-28-17-21-38(36)44(29)43(27)28/h3-26H,1-2H3. The summed E-state index contributed by atoms with van der Waals surface area (Å²) in [6.07, 6.45) is 0. The van der Waals surface area contributed by atoms with Crippen LogP contribution < -0.4 is 0 Å². The zero-order valence-corrected chi connectivity index (χ0v) is 25.4. The van der Waals surface area contributed by atoms with Crippen LogP contribution in [0, 0.1) is 0 Å². The van der Waals surface area contributed by atoms with Crippen molar-refractivity contribution >= 4 is 53.9 Å². The van der Waals surface area contributed by atoms with E-state index in [1.54, 1.807) is 0 Å². The van der Waals surface area contributed by atoms with E-state index >= 15 is 0 Å². The highest BCUT2D eigenvalue weighted by Gasteiger charge is 2.36. The van der Waals surface area contributed by atoms with Crippen LogP contribution in [-0.4, -0.2) is 0 Å². The molecule has 0 heteroatoms. The minimum Gasteiger partial charge on any atom is -0.0616 e. The largest absolute Gasteiger partial charge is 0.0616 e. The predicted octanol–water partition coefficient (Wildman–Crippen LogP) is 12.5. The molecule has 9 aromatic rings. The molecule has 0 heterocycles. The van der Waals surface area contributed by atoms with Crippen LogP contribution in [0.2, 0.25) is 0 Å². The number of fused-ring (bicyclic) bond motifs is 5. The van der Waals surface area contributed by atoms with Gasteiger partial charge in [-0.15, -0.1) is 0 Å². The number of hydrogen-bond donors (Lipinski definition) is 0. The summed E-state index contributed by atoms with van der Waals surface area (Å²) in [7, 11) is 0. The molecule has 10 rings (SSSR count). The monoisotopic (exact) mass is 570 g/mol. The molecule has 0 bridgehead atoms. The summed E-state index contributed by atoms with van der Waals surface area (Å²) in [5.41, 5.74) is 10.6. The summed E-state index contributed by atoms with van der Waals surface area (Å²) < 4.78 is 0. The molecule has 0 unspecified atom stereocenters. The van der Waals surface area contributed by atoms with Gasteiger partial charge in [0, 0.05) is 5.41 Å².